The van der Waals surface area contributed by atoms with Gasteiger partial charge in [-0.05, 0) is 39.2 Å². The molecule has 0 aromatic carbocycles. The zero-order valence-electron chi connectivity index (χ0n) is 12.2. The molecule has 1 aliphatic heterocycles. The molecule has 4 atom stereocenters. The van der Waals surface area contributed by atoms with Crippen molar-refractivity contribution < 1.29 is 9.53 Å². The van der Waals surface area contributed by atoms with Gasteiger partial charge in [0.2, 0.25) is 5.91 Å². The van der Waals surface area contributed by atoms with Crippen LogP contribution >= 0.6 is 0 Å². The van der Waals surface area contributed by atoms with Crippen molar-refractivity contribution in [2.24, 2.45) is 5.92 Å². The number of rotatable bonds is 6. The van der Waals surface area contributed by atoms with E-state index in [4.69, 9.17) is 4.74 Å². The minimum absolute atomic E-state index is 0.00808. The molecule has 106 valence electrons. The molecule has 4 heteroatoms. The van der Waals surface area contributed by atoms with Gasteiger partial charge in [0.15, 0.2) is 0 Å². The number of ether oxygens (including phenoxy) is 1. The first-order valence-electron chi connectivity index (χ1n) is 7.21. The van der Waals surface area contributed by atoms with E-state index in [9.17, 15) is 4.79 Å². The molecule has 0 radical (unpaired) electrons. The lowest BCUT2D eigenvalue weighted by Crippen LogP contribution is -2.47. The van der Waals surface area contributed by atoms with E-state index in [0.29, 0.717) is 5.92 Å². The first-order chi connectivity index (χ1) is 8.54. The topological polar surface area (TPSA) is 50.4 Å². The lowest BCUT2D eigenvalue weighted by molar-refractivity contribution is -0.138. The maximum absolute atomic E-state index is 12.0. The standard InChI is InChI=1S/C14H28N2O2/c1-5-6-11(3)16-14(17)12(4)18-13-9-15-8-7-10(13)2/h10-13,15H,5-9H2,1-4H3,(H,16,17). The zero-order valence-corrected chi connectivity index (χ0v) is 12.2. The smallest absolute Gasteiger partial charge is 0.249 e. The Balaban J connectivity index is 2.34. The Bertz CT molecular complexity index is 258. The van der Waals surface area contributed by atoms with Gasteiger partial charge in [-0.25, -0.2) is 0 Å². The number of nitrogens with one attached hydrogen (secondary N) is 2. The van der Waals surface area contributed by atoms with Crippen molar-refractivity contribution in [1.29, 1.82) is 0 Å². The lowest BCUT2D eigenvalue weighted by atomic mass is 9.97. The largest absolute Gasteiger partial charge is 0.364 e. The summed E-state index contributed by atoms with van der Waals surface area (Å²) in [5, 5.41) is 6.31. The molecule has 0 bridgehead atoms. The lowest BCUT2D eigenvalue weighted by Gasteiger charge is -2.31. The molecule has 0 spiro atoms. The van der Waals surface area contributed by atoms with Crippen molar-refractivity contribution in [3.05, 3.63) is 0 Å². The molecule has 0 aromatic heterocycles. The summed E-state index contributed by atoms with van der Waals surface area (Å²) in [6, 6.07) is 0.232. The summed E-state index contributed by atoms with van der Waals surface area (Å²) in [7, 11) is 0. The van der Waals surface area contributed by atoms with Crippen molar-refractivity contribution in [3.63, 3.8) is 0 Å². The average Bonchev–Trinajstić information content (AvgIpc) is 2.32. The Kier molecular flexibility index (Phi) is 6.65. The van der Waals surface area contributed by atoms with Gasteiger partial charge < -0.3 is 15.4 Å². The van der Waals surface area contributed by atoms with Crippen molar-refractivity contribution in [2.75, 3.05) is 13.1 Å². The SMILES string of the molecule is CCCC(C)NC(=O)C(C)OC1CNCCC1C. The molecule has 18 heavy (non-hydrogen) atoms. The summed E-state index contributed by atoms with van der Waals surface area (Å²) in [5.74, 6) is 0.531. The average molecular weight is 256 g/mol. The molecule has 4 unspecified atom stereocenters. The maximum atomic E-state index is 12.0. The highest BCUT2D eigenvalue weighted by Crippen LogP contribution is 2.16. The minimum atomic E-state index is -0.364. The van der Waals surface area contributed by atoms with E-state index in [1.807, 2.05) is 13.8 Å². The van der Waals surface area contributed by atoms with Gasteiger partial charge in [0.25, 0.3) is 0 Å². The van der Waals surface area contributed by atoms with Crippen molar-refractivity contribution in [1.82, 2.24) is 10.6 Å². The number of amides is 1. The fourth-order valence-corrected chi connectivity index (χ4v) is 2.33. The van der Waals surface area contributed by atoms with E-state index in [2.05, 4.69) is 24.5 Å². The second-order valence-electron chi connectivity index (χ2n) is 5.49. The van der Waals surface area contributed by atoms with Crippen LogP contribution in [0.15, 0.2) is 0 Å². The van der Waals surface area contributed by atoms with Gasteiger partial charge in [-0.3, -0.25) is 4.79 Å². The Hall–Kier alpha value is -0.610. The van der Waals surface area contributed by atoms with Gasteiger partial charge in [0.05, 0.1) is 6.10 Å². The summed E-state index contributed by atoms with van der Waals surface area (Å²) < 4.78 is 5.87. The third kappa shape index (κ3) is 4.94. The van der Waals surface area contributed by atoms with Gasteiger partial charge in [-0.1, -0.05) is 20.3 Å². The summed E-state index contributed by atoms with van der Waals surface area (Å²) in [6.07, 6.45) is 3.00. The molecule has 1 rings (SSSR count). The van der Waals surface area contributed by atoms with E-state index in [1.54, 1.807) is 0 Å². The molecule has 1 heterocycles. The van der Waals surface area contributed by atoms with Crippen molar-refractivity contribution in [3.8, 4) is 0 Å². The van der Waals surface area contributed by atoms with E-state index >= 15 is 0 Å². The van der Waals surface area contributed by atoms with Crippen LogP contribution in [-0.2, 0) is 9.53 Å². The highest BCUT2D eigenvalue weighted by atomic mass is 16.5. The minimum Gasteiger partial charge on any atom is -0.364 e. The Morgan fingerprint density at radius 3 is 2.83 bits per heavy atom. The summed E-state index contributed by atoms with van der Waals surface area (Å²) in [5.41, 5.74) is 0. The van der Waals surface area contributed by atoms with E-state index in [0.717, 1.165) is 32.4 Å². The number of carbonyl (C=O) groups is 1. The van der Waals surface area contributed by atoms with Crippen LogP contribution in [0.3, 0.4) is 0 Å². The van der Waals surface area contributed by atoms with Crippen LogP contribution in [0.1, 0.15) is 47.0 Å². The Morgan fingerprint density at radius 2 is 2.22 bits per heavy atom. The van der Waals surface area contributed by atoms with Gasteiger partial charge in [0, 0.05) is 12.6 Å². The first kappa shape index (κ1) is 15.4. The molecule has 1 fully saturated rings. The number of carbonyl (C=O) groups excluding carboxylic acids is 1. The maximum Gasteiger partial charge on any atom is 0.249 e. The quantitative estimate of drug-likeness (QED) is 0.760. The van der Waals surface area contributed by atoms with Gasteiger partial charge in [0.1, 0.15) is 6.10 Å². The molecule has 0 aliphatic carbocycles. The van der Waals surface area contributed by atoms with Crippen LogP contribution in [0.5, 0.6) is 0 Å². The Morgan fingerprint density at radius 1 is 1.50 bits per heavy atom. The van der Waals surface area contributed by atoms with Gasteiger partial charge >= 0.3 is 0 Å². The second-order valence-corrected chi connectivity index (χ2v) is 5.49. The molecule has 1 amide bonds. The molecule has 0 aromatic rings. The van der Waals surface area contributed by atoms with Gasteiger partial charge in [-0.15, -0.1) is 0 Å². The molecular formula is C14H28N2O2. The normalized spacial score (nSPS) is 27.6. The fourth-order valence-electron chi connectivity index (χ4n) is 2.33. The van der Waals surface area contributed by atoms with Crippen LogP contribution in [-0.4, -0.2) is 37.2 Å². The number of hydrogen-bond acceptors (Lipinski definition) is 3. The van der Waals surface area contributed by atoms with Crippen LogP contribution in [0.2, 0.25) is 0 Å². The van der Waals surface area contributed by atoms with E-state index < -0.39 is 0 Å². The monoisotopic (exact) mass is 256 g/mol. The molecule has 0 saturated carbocycles. The Labute approximate surface area is 111 Å². The predicted molar refractivity (Wildman–Crippen MR) is 73.5 cm³/mol. The highest BCUT2D eigenvalue weighted by Gasteiger charge is 2.26. The van der Waals surface area contributed by atoms with Crippen LogP contribution in [0.25, 0.3) is 0 Å². The summed E-state index contributed by atoms with van der Waals surface area (Å²) >= 11 is 0. The summed E-state index contributed by atoms with van der Waals surface area (Å²) in [6.45, 7) is 10.1. The summed E-state index contributed by atoms with van der Waals surface area (Å²) in [4.78, 5) is 12.0. The molecular weight excluding hydrogens is 228 g/mol. The van der Waals surface area contributed by atoms with Crippen LogP contribution < -0.4 is 10.6 Å². The van der Waals surface area contributed by atoms with Crippen molar-refractivity contribution in [2.45, 2.75) is 65.2 Å². The van der Waals surface area contributed by atoms with Crippen molar-refractivity contribution >= 4 is 5.91 Å². The predicted octanol–water partition coefficient (Wildman–Crippen LogP) is 1.69. The molecule has 4 nitrogen and oxygen atoms in total. The third-order valence-corrected chi connectivity index (χ3v) is 3.62. The van der Waals surface area contributed by atoms with Crippen LogP contribution in [0, 0.1) is 5.92 Å². The first-order valence-corrected chi connectivity index (χ1v) is 7.21. The van der Waals surface area contributed by atoms with E-state index in [1.165, 1.54) is 0 Å². The second kappa shape index (κ2) is 7.74. The highest BCUT2D eigenvalue weighted by molar-refractivity contribution is 5.80. The van der Waals surface area contributed by atoms with Gasteiger partial charge in [-0.2, -0.15) is 0 Å². The van der Waals surface area contributed by atoms with E-state index in [-0.39, 0.29) is 24.2 Å². The number of piperidine rings is 1. The molecule has 2 N–H and O–H groups in total. The fraction of sp³-hybridized carbons (Fsp3) is 0.929. The molecule has 1 aliphatic rings. The zero-order chi connectivity index (χ0) is 13.5. The van der Waals surface area contributed by atoms with Crippen LogP contribution in [0.4, 0.5) is 0 Å². The number of hydrogen-bond donors (Lipinski definition) is 2. The molecule has 1 saturated heterocycles. The third-order valence-electron chi connectivity index (χ3n) is 3.62.